The average molecular weight is 238 g/mol. The van der Waals surface area contributed by atoms with Crippen LogP contribution in [0.5, 0.6) is 0 Å². The lowest BCUT2D eigenvalue weighted by molar-refractivity contribution is -0.119. The zero-order valence-corrected chi connectivity index (χ0v) is 10.5. The number of anilines is 1. The first kappa shape index (κ1) is 13.6. The summed E-state index contributed by atoms with van der Waals surface area (Å²) in [6.45, 7) is 4.04. The van der Waals surface area contributed by atoms with E-state index in [9.17, 15) is 9.18 Å². The largest absolute Gasteiger partial charge is 0.320 e. The minimum Gasteiger partial charge on any atom is -0.320 e. The van der Waals surface area contributed by atoms with Crippen molar-refractivity contribution in [2.24, 2.45) is 11.7 Å². The van der Waals surface area contributed by atoms with Crippen molar-refractivity contribution in [3.63, 3.8) is 0 Å². The fourth-order valence-electron chi connectivity index (χ4n) is 1.65. The number of hydrogen-bond donors (Lipinski definition) is 1. The van der Waals surface area contributed by atoms with Gasteiger partial charge in [0.05, 0.1) is 6.04 Å². The normalized spacial score (nSPS) is 12.6. The molecule has 1 aromatic rings. The minimum atomic E-state index is -0.509. The van der Waals surface area contributed by atoms with E-state index in [1.807, 2.05) is 13.8 Å². The molecule has 0 bridgehead atoms. The number of halogens is 1. The van der Waals surface area contributed by atoms with E-state index in [1.54, 1.807) is 19.2 Å². The van der Waals surface area contributed by atoms with Crippen LogP contribution in [-0.2, 0) is 4.79 Å². The van der Waals surface area contributed by atoms with Crippen molar-refractivity contribution in [2.45, 2.75) is 26.3 Å². The van der Waals surface area contributed by atoms with Gasteiger partial charge >= 0.3 is 0 Å². The molecule has 1 atom stereocenters. The van der Waals surface area contributed by atoms with Gasteiger partial charge < -0.3 is 10.6 Å². The molecule has 0 aliphatic carbocycles. The van der Waals surface area contributed by atoms with Crippen molar-refractivity contribution in [1.82, 2.24) is 0 Å². The third-order valence-corrected chi connectivity index (χ3v) is 2.59. The Hall–Kier alpha value is -1.42. The second-order valence-corrected chi connectivity index (χ2v) is 4.61. The Morgan fingerprint density at radius 2 is 1.88 bits per heavy atom. The zero-order valence-electron chi connectivity index (χ0n) is 10.5. The Labute approximate surface area is 101 Å². The number of carbonyl (C=O) groups is 1. The number of nitrogens with two attached hydrogens (primary N) is 1. The van der Waals surface area contributed by atoms with E-state index in [2.05, 4.69) is 0 Å². The fraction of sp³-hybridized carbons (Fsp3) is 0.462. The lowest BCUT2D eigenvalue weighted by Crippen LogP contribution is -2.42. The van der Waals surface area contributed by atoms with Crippen LogP contribution in [-0.4, -0.2) is 19.0 Å². The SMILES string of the molecule is CC(C)C[C@H](N)C(=O)N(C)c1ccc(F)cc1. The lowest BCUT2D eigenvalue weighted by Gasteiger charge is -2.22. The average Bonchev–Trinajstić information content (AvgIpc) is 2.27. The van der Waals surface area contributed by atoms with Crippen LogP contribution in [0.25, 0.3) is 0 Å². The monoisotopic (exact) mass is 238 g/mol. The standard InChI is InChI=1S/C13H19FN2O/c1-9(2)8-12(15)13(17)16(3)11-6-4-10(14)5-7-11/h4-7,9,12H,8,15H2,1-3H3/t12-/m0/s1. The number of amides is 1. The van der Waals surface area contributed by atoms with E-state index >= 15 is 0 Å². The fourth-order valence-corrected chi connectivity index (χ4v) is 1.65. The number of hydrogen-bond acceptors (Lipinski definition) is 2. The van der Waals surface area contributed by atoms with Gasteiger partial charge in [-0.25, -0.2) is 4.39 Å². The van der Waals surface area contributed by atoms with Crippen LogP contribution >= 0.6 is 0 Å². The summed E-state index contributed by atoms with van der Waals surface area (Å²) >= 11 is 0. The van der Waals surface area contributed by atoms with Crippen LogP contribution in [0.2, 0.25) is 0 Å². The Morgan fingerprint density at radius 3 is 2.35 bits per heavy atom. The van der Waals surface area contributed by atoms with Gasteiger partial charge in [0.25, 0.3) is 0 Å². The van der Waals surface area contributed by atoms with E-state index in [4.69, 9.17) is 5.73 Å². The number of nitrogens with zero attached hydrogens (tertiary/aromatic N) is 1. The summed E-state index contributed by atoms with van der Waals surface area (Å²) in [5.41, 5.74) is 6.47. The smallest absolute Gasteiger partial charge is 0.243 e. The van der Waals surface area contributed by atoms with Crippen LogP contribution in [0.4, 0.5) is 10.1 Å². The number of carbonyl (C=O) groups excluding carboxylic acids is 1. The van der Waals surface area contributed by atoms with Crippen LogP contribution in [0.1, 0.15) is 20.3 Å². The van der Waals surface area contributed by atoms with Crippen molar-refractivity contribution in [2.75, 3.05) is 11.9 Å². The molecule has 17 heavy (non-hydrogen) atoms. The zero-order chi connectivity index (χ0) is 13.0. The summed E-state index contributed by atoms with van der Waals surface area (Å²) in [6, 6.07) is 5.27. The molecule has 0 aromatic heterocycles. The Morgan fingerprint density at radius 1 is 1.35 bits per heavy atom. The Balaban J connectivity index is 2.72. The molecule has 1 rings (SSSR count). The van der Waals surface area contributed by atoms with Gasteiger partial charge in [0, 0.05) is 12.7 Å². The summed E-state index contributed by atoms with van der Waals surface area (Å²) in [5, 5.41) is 0. The molecule has 0 spiro atoms. The molecular weight excluding hydrogens is 219 g/mol. The van der Waals surface area contributed by atoms with Gasteiger partial charge in [0.15, 0.2) is 0 Å². The van der Waals surface area contributed by atoms with E-state index in [0.717, 1.165) is 0 Å². The van der Waals surface area contributed by atoms with E-state index in [-0.39, 0.29) is 11.7 Å². The van der Waals surface area contributed by atoms with Crippen molar-refractivity contribution in [1.29, 1.82) is 0 Å². The van der Waals surface area contributed by atoms with Crippen LogP contribution in [0.15, 0.2) is 24.3 Å². The predicted octanol–water partition coefficient (Wildman–Crippen LogP) is 2.16. The highest BCUT2D eigenvalue weighted by atomic mass is 19.1. The van der Waals surface area contributed by atoms with Crippen molar-refractivity contribution < 1.29 is 9.18 Å². The molecule has 1 aromatic carbocycles. The van der Waals surface area contributed by atoms with Gasteiger partial charge in [-0.2, -0.15) is 0 Å². The number of benzene rings is 1. The first-order chi connectivity index (χ1) is 7.91. The van der Waals surface area contributed by atoms with Crippen LogP contribution < -0.4 is 10.6 Å². The first-order valence-corrected chi connectivity index (χ1v) is 5.70. The van der Waals surface area contributed by atoms with Crippen LogP contribution in [0, 0.1) is 11.7 Å². The molecule has 94 valence electrons. The third-order valence-electron chi connectivity index (χ3n) is 2.59. The number of rotatable bonds is 4. The maximum absolute atomic E-state index is 12.8. The molecule has 0 heterocycles. The van der Waals surface area contributed by atoms with Gasteiger partial charge in [-0.15, -0.1) is 0 Å². The molecule has 1 amide bonds. The molecule has 0 aliphatic heterocycles. The van der Waals surface area contributed by atoms with Gasteiger partial charge in [-0.3, -0.25) is 4.79 Å². The summed E-state index contributed by atoms with van der Waals surface area (Å²) in [4.78, 5) is 13.4. The quantitative estimate of drug-likeness (QED) is 0.873. The van der Waals surface area contributed by atoms with Crippen molar-refractivity contribution >= 4 is 11.6 Å². The molecule has 0 radical (unpaired) electrons. The molecule has 3 nitrogen and oxygen atoms in total. The van der Waals surface area contributed by atoms with Crippen molar-refractivity contribution in [3.8, 4) is 0 Å². The summed E-state index contributed by atoms with van der Waals surface area (Å²) in [7, 11) is 1.65. The summed E-state index contributed by atoms with van der Waals surface area (Å²) in [6.07, 6.45) is 0.643. The van der Waals surface area contributed by atoms with E-state index in [1.165, 1.54) is 17.0 Å². The molecular formula is C13H19FN2O. The Kier molecular flexibility index (Phi) is 4.63. The molecule has 0 saturated heterocycles. The second-order valence-electron chi connectivity index (χ2n) is 4.61. The molecule has 0 saturated carbocycles. The highest BCUT2D eigenvalue weighted by molar-refractivity contribution is 5.96. The van der Waals surface area contributed by atoms with E-state index in [0.29, 0.717) is 18.0 Å². The van der Waals surface area contributed by atoms with Crippen LogP contribution in [0.3, 0.4) is 0 Å². The molecule has 0 unspecified atom stereocenters. The lowest BCUT2D eigenvalue weighted by atomic mass is 10.0. The molecule has 2 N–H and O–H groups in total. The maximum atomic E-state index is 12.8. The third kappa shape index (κ3) is 3.82. The summed E-state index contributed by atoms with van der Waals surface area (Å²) < 4.78 is 12.8. The van der Waals surface area contributed by atoms with Gasteiger partial charge in [0.2, 0.25) is 5.91 Å². The van der Waals surface area contributed by atoms with Gasteiger partial charge in [-0.05, 0) is 36.6 Å². The highest BCUT2D eigenvalue weighted by Crippen LogP contribution is 2.15. The highest BCUT2D eigenvalue weighted by Gasteiger charge is 2.19. The maximum Gasteiger partial charge on any atom is 0.243 e. The second kappa shape index (κ2) is 5.77. The molecule has 4 heteroatoms. The van der Waals surface area contributed by atoms with Gasteiger partial charge in [-0.1, -0.05) is 13.8 Å². The topological polar surface area (TPSA) is 46.3 Å². The van der Waals surface area contributed by atoms with Gasteiger partial charge in [0.1, 0.15) is 5.82 Å². The number of likely N-dealkylation sites (N-methyl/N-ethyl adjacent to an activating group) is 1. The molecule has 0 aliphatic rings. The van der Waals surface area contributed by atoms with E-state index < -0.39 is 6.04 Å². The predicted molar refractivity (Wildman–Crippen MR) is 67.2 cm³/mol. The summed E-state index contributed by atoms with van der Waals surface area (Å²) in [5.74, 6) is -0.0954. The Bertz CT molecular complexity index is 376. The minimum absolute atomic E-state index is 0.148. The first-order valence-electron chi connectivity index (χ1n) is 5.70. The van der Waals surface area contributed by atoms with Crippen molar-refractivity contribution in [3.05, 3.63) is 30.1 Å². The molecule has 0 fully saturated rings.